The van der Waals surface area contributed by atoms with Crippen molar-refractivity contribution in [2.75, 3.05) is 6.26 Å². The van der Waals surface area contributed by atoms with Gasteiger partial charge >= 0.3 is 0 Å². The normalized spacial score (nSPS) is 10.7. The summed E-state index contributed by atoms with van der Waals surface area (Å²) in [5.74, 6) is 0. The van der Waals surface area contributed by atoms with E-state index in [1.807, 2.05) is 6.26 Å². The van der Waals surface area contributed by atoms with Gasteiger partial charge in [0.2, 0.25) is 0 Å². The highest BCUT2D eigenvalue weighted by atomic mass is 79.9. The van der Waals surface area contributed by atoms with Gasteiger partial charge in [0.1, 0.15) is 0 Å². The van der Waals surface area contributed by atoms with Crippen LogP contribution in [-0.2, 0) is 0 Å². The van der Waals surface area contributed by atoms with E-state index in [0.29, 0.717) is 20.3 Å². The number of benzene rings is 1. The van der Waals surface area contributed by atoms with Crippen molar-refractivity contribution in [1.29, 1.82) is 0 Å². The van der Waals surface area contributed by atoms with E-state index in [4.69, 9.17) is 0 Å². The maximum atomic E-state index is 11.0. The first-order chi connectivity index (χ1) is 11.1. The summed E-state index contributed by atoms with van der Waals surface area (Å²) in [5.41, 5.74) is 2.12. The SMILES string of the molecule is CSc1nccc(-c2sc(Br)nc2-c2cccc([N+](=O)[O-])c2)n1. The van der Waals surface area contributed by atoms with Crippen LogP contribution in [0.2, 0.25) is 0 Å². The van der Waals surface area contributed by atoms with E-state index in [0.717, 1.165) is 10.6 Å². The lowest BCUT2D eigenvalue weighted by molar-refractivity contribution is -0.384. The zero-order chi connectivity index (χ0) is 16.4. The van der Waals surface area contributed by atoms with E-state index < -0.39 is 4.92 Å². The summed E-state index contributed by atoms with van der Waals surface area (Å²) in [6.45, 7) is 0. The molecule has 0 bridgehead atoms. The lowest BCUT2D eigenvalue weighted by Crippen LogP contribution is -1.91. The molecule has 0 unspecified atom stereocenters. The van der Waals surface area contributed by atoms with Gasteiger partial charge in [-0.2, -0.15) is 0 Å². The topological polar surface area (TPSA) is 81.8 Å². The summed E-state index contributed by atoms with van der Waals surface area (Å²) in [6.07, 6.45) is 3.60. The number of thioether (sulfide) groups is 1. The second-order valence-electron chi connectivity index (χ2n) is 4.38. The molecule has 3 rings (SSSR count). The van der Waals surface area contributed by atoms with Gasteiger partial charge < -0.3 is 0 Å². The highest BCUT2D eigenvalue weighted by Crippen LogP contribution is 2.39. The molecule has 6 nitrogen and oxygen atoms in total. The molecule has 0 atom stereocenters. The van der Waals surface area contributed by atoms with E-state index in [1.54, 1.807) is 24.4 Å². The van der Waals surface area contributed by atoms with Gasteiger partial charge in [-0.3, -0.25) is 10.1 Å². The predicted octanol–water partition coefficient (Wildman–Crippen LogP) is 4.66. The van der Waals surface area contributed by atoms with Gasteiger partial charge in [0.15, 0.2) is 9.07 Å². The van der Waals surface area contributed by atoms with E-state index in [9.17, 15) is 10.1 Å². The average molecular weight is 409 g/mol. The Morgan fingerprint density at radius 1 is 1.30 bits per heavy atom. The van der Waals surface area contributed by atoms with Crippen molar-refractivity contribution in [2.24, 2.45) is 0 Å². The Kier molecular flexibility index (Phi) is 4.69. The van der Waals surface area contributed by atoms with E-state index in [2.05, 4.69) is 30.9 Å². The van der Waals surface area contributed by atoms with Crippen LogP contribution in [0.15, 0.2) is 45.6 Å². The molecule has 9 heteroatoms. The Balaban J connectivity index is 2.14. The maximum absolute atomic E-state index is 11.0. The van der Waals surface area contributed by atoms with E-state index in [1.165, 1.54) is 35.2 Å². The highest BCUT2D eigenvalue weighted by molar-refractivity contribution is 9.11. The van der Waals surface area contributed by atoms with Crippen LogP contribution < -0.4 is 0 Å². The average Bonchev–Trinajstić information content (AvgIpc) is 2.97. The molecule has 0 fully saturated rings. The zero-order valence-electron chi connectivity index (χ0n) is 11.8. The van der Waals surface area contributed by atoms with E-state index >= 15 is 0 Å². The van der Waals surface area contributed by atoms with Crippen LogP contribution in [-0.4, -0.2) is 26.1 Å². The monoisotopic (exact) mass is 408 g/mol. The molecule has 23 heavy (non-hydrogen) atoms. The molecule has 0 saturated heterocycles. The van der Waals surface area contributed by atoms with Crippen LogP contribution in [0, 0.1) is 10.1 Å². The zero-order valence-corrected chi connectivity index (χ0v) is 15.0. The molecule has 2 aromatic heterocycles. The number of nitro benzene ring substituents is 1. The Bertz CT molecular complexity index is 885. The van der Waals surface area contributed by atoms with Crippen molar-refractivity contribution in [1.82, 2.24) is 15.0 Å². The van der Waals surface area contributed by atoms with Crippen molar-refractivity contribution in [3.8, 4) is 21.8 Å². The molecule has 0 aliphatic carbocycles. The number of halogens is 1. The molecule has 0 amide bonds. The standard InChI is InChI=1S/C14H9BrN4O2S2/c1-22-14-16-6-5-10(17-14)12-11(18-13(15)23-12)8-3-2-4-9(7-8)19(20)21/h2-7H,1H3. The highest BCUT2D eigenvalue weighted by Gasteiger charge is 2.17. The van der Waals surface area contributed by atoms with Crippen molar-refractivity contribution in [2.45, 2.75) is 5.16 Å². The van der Waals surface area contributed by atoms with Crippen LogP contribution in [0.4, 0.5) is 5.69 Å². The second kappa shape index (κ2) is 6.73. The first-order valence-electron chi connectivity index (χ1n) is 6.37. The molecule has 0 aliphatic heterocycles. The Morgan fingerprint density at radius 3 is 2.87 bits per heavy atom. The van der Waals surface area contributed by atoms with Crippen LogP contribution in [0.5, 0.6) is 0 Å². The number of nitrogens with zero attached hydrogens (tertiary/aromatic N) is 4. The largest absolute Gasteiger partial charge is 0.270 e. The number of thiazole rings is 1. The maximum Gasteiger partial charge on any atom is 0.270 e. The lowest BCUT2D eigenvalue weighted by atomic mass is 10.1. The fraction of sp³-hybridized carbons (Fsp3) is 0.0714. The van der Waals surface area contributed by atoms with Crippen LogP contribution >= 0.6 is 39.0 Å². The van der Waals surface area contributed by atoms with Gasteiger partial charge in [-0.25, -0.2) is 15.0 Å². The summed E-state index contributed by atoms with van der Waals surface area (Å²) < 4.78 is 0.693. The molecule has 0 radical (unpaired) electrons. The van der Waals surface area contributed by atoms with Crippen molar-refractivity contribution >= 4 is 44.7 Å². The molecule has 116 valence electrons. The molecule has 0 saturated carbocycles. The van der Waals surface area contributed by atoms with Crippen LogP contribution in [0.1, 0.15) is 0 Å². The summed E-state index contributed by atoms with van der Waals surface area (Å²) in [5, 5.41) is 11.6. The van der Waals surface area contributed by atoms with E-state index in [-0.39, 0.29) is 5.69 Å². The molecule has 2 heterocycles. The van der Waals surface area contributed by atoms with Gasteiger partial charge in [0.05, 0.1) is 21.2 Å². The Hall–Kier alpha value is -1.84. The quantitative estimate of drug-likeness (QED) is 0.270. The third-order valence-electron chi connectivity index (χ3n) is 2.98. The summed E-state index contributed by atoms with van der Waals surface area (Å²) in [6, 6.07) is 8.23. The van der Waals surface area contributed by atoms with Gasteiger partial charge in [0, 0.05) is 23.9 Å². The third kappa shape index (κ3) is 3.41. The minimum Gasteiger partial charge on any atom is -0.258 e. The summed E-state index contributed by atoms with van der Waals surface area (Å²) in [4.78, 5) is 24.5. The smallest absolute Gasteiger partial charge is 0.258 e. The van der Waals surface area contributed by atoms with Crippen molar-refractivity contribution in [3.63, 3.8) is 0 Å². The molecule has 0 N–H and O–H groups in total. The fourth-order valence-electron chi connectivity index (χ4n) is 2.00. The first-order valence-corrected chi connectivity index (χ1v) is 9.20. The number of nitro groups is 1. The van der Waals surface area contributed by atoms with Gasteiger partial charge in [0.25, 0.3) is 5.69 Å². The fourth-order valence-corrected chi connectivity index (χ4v) is 3.80. The van der Waals surface area contributed by atoms with Gasteiger partial charge in [-0.15, -0.1) is 11.3 Å². The molecule has 3 aromatic rings. The number of non-ortho nitro benzene ring substituents is 1. The summed E-state index contributed by atoms with van der Waals surface area (Å²) in [7, 11) is 0. The number of rotatable bonds is 4. The molecular weight excluding hydrogens is 400 g/mol. The summed E-state index contributed by atoms with van der Waals surface area (Å²) >= 11 is 6.27. The minimum atomic E-state index is -0.416. The molecule has 0 spiro atoms. The predicted molar refractivity (Wildman–Crippen MR) is 94.7 cm³/mol. The number of aromatic nitrogens is 3. The van der Waals surface area contributed by atoms with Gasteiger partial charge in [-0.1, -0.05) is 23.9 Å². The third-order valence-corrected chi connectivity index (χ3v) is 5.07. The first kappa shape index (κ1) is 16.0. The van der Waals surface area contributed by atoms with Crippen molar-refractivity contribution in [3.05, 3.63) is 50.6 Å². The molecule has 1 aromatic carbocycles. The van der Waals surface area contributed by atoms with Crippen LogP contribution in [0.25, 0.3) is 21.8 Å². The van der Waals surface area contributed by atoms with Crippen LogP contribution in [0.3, 0.4) is 0 Å². The Labute approximate surface area is 148 Å². The second-order valence-corrected chi connectivity index (χ2v) is 7.43. The molecular formula is C14H9BrN4O2S2. The molecule has 0 aliphatic rings. The lowest BCUT2D eigenvalue weighted by Gasteiger charge is -2.03. The minimum absolute atomic E-state index is 0.0325. The number of hydrogen-bond donors (Lipinski definition) is 0. The number of hydrogen-bond acceptors (Lipinski definition) is 7. The van der Waals surface area contributed by atoms with Crippen molar-refractivity contribution < 1.29 is 4.92 Å². The Morgan fingerprint density at radius 2 is 2.13 bits per heavy atom. The van der Waals surface area contributed by atoms with Gasteiger partial charge in [-0.05, 0) is 28.3 Å².